The predicted molar refractivity (Wildman–Crippen MR) is 94.9 cm³/mol. The zero-order valence-electron chi connectivity index (χ0n) is 16.3. The van der Waals surface area contributed by atoms with E-state index in [9.17, 15) is 9.59 Å². The quantitative estimate of drug-likeness (QED) is 0.705. The molecule has 27 heavy (non-hydrogen) atoms. The molecule has 1 spiro atoms. The molecule has 0 radical (unpaired) electrons. The summed E-state index contributed by atoms with van der Waals surface area (Å²) in [7, 11) is 3.42. The van der Waals surface area contributed by atoms with Crippen LogP contribution in [0, 0.1) is 12.3 Å². The average Bonchev–Trinajstić information content (AvgIpc) is 3.22. The van der Waals surface area contributed by atoms with E-state index in [1.165, 1.54) is 4.90 Å². The molecule has 3 rings (SSSR count). The molecule has 1 atom stereocenters. The van der Waals surface area contributed by atoms with E-state index >= 15 is 0 Å². The summed E-state index contributed by atoms with van der Waals surface area (Å²) in [4.78, 5) is 31.4. The number of hydrogen-bond donors (Lipinski definition) is 0. The highest BCUT2D eigenvalue weighted by atomic mass is 16.5. The summed E-state index contributed by atoms with van der Waals surface area (Å²) < 4.78 is 16.4. The number of likely N-dealkylation sites (tertiary alicyclic amines) is 1. The summed E-state index contributed by atoms with van der Waals surface area (Å²) in [6.45, 7) is 4.36. The number of ether oxygens (including phenoxy) is 2. The van der Waals surface area contributed by atoms with E-state index in [2.05, 4.69) is 10.1 Å². The summed E-state index contributed by atoms with van der Waals surface area (Å²) in [5.74, 6) is 0.881. The van der Waals surface area contributed by atoms with Crippen molar-refractivity contribution in [1.82, 2.24) is 19.9 Å². The highest BCUT2D eigenvalue weighted by molar-refractivity contribution is 5.78. The lowest BCUT2D eigenvalue weighted by Gasteiger charge is -2.38. The SMILES string of the molecule is Cc1noc(CC(=O)N2CCC3(CC2)COC(COCC(=O)N(C)C)C3)n1. The third-order valence-electron chi connectivity index (χ3n) is 5.36. The van der Waals surface area contributed by atoms with E-state index in [0.29, 0.717) is 38.0 Å². The summed E-state index contributed by atoms with van der Waals surface area (Å²) in [5.41, 5.74) is 0.109. The zero-order valence-corrected chi connectivity index (χ0v) is 16.3. The maximum atomic E-state index is 12.4. The highest BCUT2D eigenvalue weighted by Crippen LogP contribution is 2.42. The van der Waals surface area contributed by atoms with Crippen LogP contribution in [0.15, 0.2) is 4.52 Å². The normalized spacial score (nSPS) is 21.6. The van der Waals surface area contributed by atoms with Crippen molar-refractivity contribution < 1.29 is 23.6 Å². The number of rotatable bonds is 6. The van der Waals surface area contributed by atoms with E-state index in [4.69, 9.17) is 14.0 Å². The zero-order chi connectivity index (χ0) is 19.4. The molecule has 0 N–H and O–H groups in total. The van der Waals surface area contributed by atoms with Gasteiger partial charge >= 0.3 is 0 Å². The smallest absolute Gasteiger partial charge is 0.248 e. The fourth-order valence-corrected chi connectivity index (χ4v) is 3.64. The molecule has 0 saturated carbocycles. The minimum atomic E-state index is -0.0500. The Morgan fingerprint density at radius 3 is 2.70 bits per heavy atom. The van der Waals surface area contributed by atoms with Crippen molar-refractivity contribution in [2.75, 3.05) is 47.0 Å². The molecule has 0 aliphatic carbocycles. The van der Waals surface area contributed by atoms with E-state index in [1.807, 2.05) is 4.90 Å². The van der Waals surface area contributed by atoms with Gasteiger partial charge in [0.2, 0.25) is 17.7 Å². The Morgan fingerprint density at radius 2 is 2.07 bits per heavy atom. The minimum absolute atomic E-state index is 0.0172. The fraction of sp³-hybridized carbons (Fsp3) is 0.778. The van der Waals surface area contributed by atoms with Gasteiger partial charge in [-0.05, 0) is 31.6 Å². The Bertz CT molecular complexity index is 666. The van der Waals surface area contributed by atoms with Gasteiger partial charge in [-0.1, -0.05) is 5.16 Å². The maximum Gasteiger partial charge on any atom is 0.248 e. The van der Waals surface area contributed by atoms with Crippen molar-refractivity contribution in [2.24, 2.45) is 5.41 Å². The van der Waals surface area contributed by atoms with Crippen molar-refractivity contribution in [1.29, 1.82) is 0 Å². The summed E-state index contributed by atoms with van der Waals surface area (Å²) >= 11 is 0. The van der Waals surface area contributed by atoms with Crippen LogP contribution in [-0.4, -0.2) is 84.9 Å². The number of aromatic nitrogens is 2. The molecule has 9 nitrogen and oxygen atoms in total. The summed E-state index contributed by atoms with van der Waals surface area (Å²) in [5, 5.41) is 3.72. The van der Waals surface area contributed by atoms with Gasteiger partial charge in [0.05, 0.1) is 19.3 Å². The molecule has 0 aromatic carbocycles. The van der Waals surface area contributed by atoms with Crippen LogP contribution in [0.5, 0.6) is 0 Å². The van der Waals surface area contributed by atoms with Gasteiger partial charge in [0.1, 0.15) is 13.0 Å². The monoisotopic (exact) mass is 380 g/mol. The van der Waals surface area contributed by atoms with Crippen LogP contribution in [0.3, 0.4) is 0 Å². The van der Waals surface area contributed by atoms with Crippen molar-refractivity contribution in [3.8, 4) is 0 Å². The molecule has 2 aliphatic heterocycles. The summed E-state index contributed by atoms with van der Waals surface area (Å²) in [6, 6.07) is 0. The lowest BCUT2D eigenvalue weighted by atomic mass is 9.76. The van der Waals surface area contributed by atoms with Crippen LogP contribution in [0.25, 0.3) is 0 Å². The number of carbonyl (C=O) groups excluding carboxylic acids is 2. The molecule has 2 saturated heterocycles. The second-order valence-electron chi connectivity index (χ2n) is 7.73. The maximum absolute atomic E-state index is 12.4. The van der Waals surface area contributed by atoms with Gasteiger partial charge in [0.15, 0.2) is 5.82 Å². The Balaban J connectivity index is 1.41. The first-order chi connectivity index (χ1) is 12.9. The largest absolute Gasteiger partial charge is 0.375 e. The second kappa shape index (κ2) is 8.35. The lowest BCUT2D eigenvalue weighted by Crippen LogP contribution is -2.44. The first-order valence-electron chi connectivity index (χ1n) is 9.33. The predicted octanol–water partition coefficient (Wildman–Crippen LogP) is 0.423. The number of likely N-dealkylation sites (N-methyl/N-ethyl adjacent to an activating group) is 1. The molecule has 3 heterocycles. The van der Waals surface area contributed by atoms with Gasteiger partial charge in [-0.2, -0.15) is 4.98 Å². The summed E-state index contributed by atoms with van der Waals surface area (Å²) in [6.07, 6.45) is 2.90. The standard InChI is InChI=1S/C18H28N4O5/c1-13-19-15(27-20-13)8-16(23)22-6-4-18(5-7-22)9-14(26-12-18)10-25-11-17(24)21(2)3/h14H,4-12H2,1-3H3. The molecule has 150 valence electrons. The van der Waals surface area contributed by atoms with Crippen molar-refractivity contribution in [3.63, 3.8) is 0 Å². The number of carbonyl (C=O) groups is 2. The van der Waals surface area contributed by atoms with Crippen LogP contribution in [0.4, 0.5) is 0 Å². The van der Waals surface area contributed by atoms with E-state index in [1.54, 1.807) is 21.0 Å². The molecule has 2 amide bonds. The highest BCUT2D eigenvalue weighted by Gasteiger charge is 2.43. The number of piperidine rings is 1. The van der Waals surface area contributed by atoms with Gasteiger partial charge in [-0.25, -0.2) is 0 Å². The molecular weight excluding hydrogens is 352 g/mol. The fourth-order valence-electron chi connectivity index (χ4n) is 3.64. The Hall–Kier alpha value is -2.00. The average molecular weight is 380 g/mol. The number of hydrogen-bond acceptors (Lipinski definition) is 7. The Kier molecular flexibility index (Phi) is 6.11. The van der Waals surface area contributed by atoms with Crippen LogP contribution < -0.4 is 0 Å². The lowest BCUT2D eigenvalue weighted by molar-refractivity contribution is -0.135. The minimum Gasteiger partial charge on any atom is -0.375 e. The van der Waals surface area contributed by atoms with Crippen LogP contribution in [0.2, 0.25) is 0 Å². The molecular formula is C18H28N4O5. The number of amides is 2. The van der Waals surface area contributed by atoms with Gasteiger partial charge in [-0.15, -0.1) is 0 Å². The van der Waals surface area contributed by atoms with Gasteiger partial charge in [0, 0.05) is 27.2 Å². The first kappa shape index (κ1) is 19.8. The Morgan fingerprint density at radius 1 is 1.33 bits per heavy atom. The van der Waals surface area contributed by atoms with Crippen molar-refractivity contribution in [3.05, 3.63) is 11.7 Å². The van der Waals surface area contributed by atoms with E-state index < -0.39 is 0 Å². The Labute approximate surface area is 159 Å². The molecule has 0 bridgehead atoms. The third kappa shape index (κ3) is 5.04. The molecule has 1 unspecified atom stereocenters. The van der Waals surface area contributed by atoms with E-state index in [0.717, 1.165) is 19.3 Å². The molecule has 1 aromatic rings. The molecule has 9 heteroatoms. The van der Waals surface area contributed by atoms with E-state index in [-0.39, 0.29) is 36.4 Å². The molecule has 2 fully saturated rings. The first-order valence-corrected chi connectivity index (χ1v) is 9.33. The van der Waals surface area contributed by atoms with Crippen LogP contribution in [0.1, 0.15) is 31.0 Å². The van der Waals surface area contributed by atoms with Gasteiger partial charge in [-0.3, -0.25) is 9.59 Å². The molecule has 1 aromatic heterocycles. The van der Waals surface area contributed by atoms with Gasteiger partial charge < -0.3 is 23.8 Å². The number of nitrogens with zero attached hydrogens (tertiary/aromatic N) is 4. The number of aryl methyl sites for hydroxylation is 1. The van der Waals surface area contributed by atoms with Crippen molar-refractivity contribution in [2.45, 2.75) is 38.7 Å². The van der Waals surface area contributed by atoms with Gasteiger partial charge in [0.25, 0.3) is 0 Å². The topological polar surface area (TPSA) is 98.0 Å². The van der Waals surface area contributed by atoms with Crippen LogP contribution in [-0.2, 0) is 25.5 Å². The molecule has 2 aliphatic rings. The van der Waals surface area contributed by atoms with Crippen LogP contribution >= 0.6 is 0 Å². The third-order valence-corrected chi connectivity index (χ3v) is 5.36. The van der Waals surface area contributed by atoms with Crippen molar-refractivity contribution >= 4 is 11.8 Å². The second-order valence-corrected chi connectivity index (χ2v) is 7.73.